The van der Waals surface area contributed by atoms with Crippen LogP contribution in [0.4, 0.5) is 10.3 Å². The number of benzene rings is 2. The Morgan fingerprint density at radius 3 is 2.72 bits per heavy atom. The molecular weight excluding hydrogens is 611 g/mol. The standard InChI is InChI=1S/C32H38ClFN10O2/c1-19(35)3-2-4-21-13-25(28(34)26(33)14-21)27-15-22-17-44(32(45)43-29(22)42-27)23-7-5-20(6-8-23)18-46-24(9-10-38-30(36)37)16-41-31-39-11-12-40-31/h5-8,11-15,17,19,24H,2-4,9-10,16,18,35H2,1H3,(H4,36,37,38)(H2,39,40,41)(H,42,43,45)/t19-,24+/m0/s1. The maximum Gasteiger partial charge on any atom is 0.354 e. The molecule has 0 radical (unpaired) electrons. The molecule has 5 aromatic rings. The van der Waals surface area contributed by atoms with Gasteiger partial charge in [0.15, 0.2) is 17.7 Å². The molecule has 0 amide bonds. The molecule has 9 N–H and O–H groups in total. The van der Waals surface area contributed by atoms with Crippen molar-refractivity contribution in [3.8, 4) is 16.9 Å². The molecule has 14 heteroatoms. The van der Waals surface area contributed by atoms with Crippen LogP contribution in [0.3, 0.4) is 0 Å². The van der Waals surface area contributed by atoms with Gasteiger partial charge in [0, 0.05) is 48.7 Å². The van der Waals surface area contributed by atoms with E-state index in [0.717, 1.165) is 30.4 Å². The highest BCUT2D eigenvalue weighted by molar-refractivity contribution is 6.31. The first-order valence-corrected chi connectivity index (χ1v) is 15.4. The van der Waals surface area contributed by atoms with E-state index in [2.05, 4.69) is 30.6 Å². The smallest absolute Gasteiger partial charge is 0.354 e. The number of nitrogens with one attached hydrogen (secondary N) is 5. The summed E-state index contributed by atoms with van der Waals surface area (Å²) in [5, 5.41) is 14.1. The number of anilines is 1. The van der Waals surface area contributed by atoms with Crippen LogP contribution in [0.25, 0.3) is 28.0 Å². The lowest BCUT2D eigenvalue weighted by atomic mass is 10.0. The van der Waals surface area contributed by atoms with Crippen LogP contribution in [-0.4, -0.2) is 55.7 Å². The van der Waals surface area contributed by atoms with Crippen LogP contribution in [0.2, 0.25) is 5.02 Å². The van der Waals surface area contributed by atoms with Gasteiger partial charge in [0.25, 0.3) is 0 Å². The maximum atomic E-state index is 15.1. The zero-order valence-corrected chi connectivity index (χ0v) is 26.2. The number of rotatable bonds is 15. The minimum atomic E-state index is -0.536. The third kappa shape index (κ3) is 8.50. The molecule has 3 aromatic heterocycles. The fraction of sp³-hybridized carbons (Fsp3) is 0.312. The van der Waals surface area contributed by atoms with Crippen molar-refractivity contribution in [3.63, 3.8) is 0 Å². The number of ether oxygens (including phenoxy) is 1. The highest BCUT2D eigenvalue weighted by Gasteiger charge is 2.16. The van der Waals surface area contributed by atoms with Crippen molar-refractivity contribution in [1.82, 2.24) is 29.8 Å². The van der Waals surface area contributed by atoms with Crippen LogP contribution < -0.4 is 27.8 Å². The molecule has 2 aromatic carbocycles. The summed E-state index contributed by atoms with van der Waals surface area (Å²) in [4.78, 5) is 27.5. The molecule has 5 rings (SSSR count). The van der Waals surface area contributed by atoms with Crippen LogP contribution in [0.1, 0.15) is 37.3 Å². The molecule has 3 heterocycles. The third-order valence-electron chi connectivity index (χ3n) is 7.49. The summed E-state index contributed by atoms with van der Waals surface area (Å²) in [5.74, 6) is 0.00598. The number of H-pyrrole nitrogens is 2. The molecule has 0 aliphatic carbocycles. The number of nitrogens with zero attached hydrogens (tertiary/aromatic N) is 3. The van der Waals surface area contributed by atoms with Gasteiger partial charge in [-0.2, -0.15) is 4.98 Å². The lowest BCUT2D eigenvalue weighted by Crippen LogP contribution is -2.34. The quantitative estimate of drug-likeness (QED) is 0.0641. The SMILES string of the molecule is C[C@H](N)CCCc1cc(Cl)c(F)c(-c2cc3cn(-c4ccc(CO[C@H](CCNC(=N)N)CNc5ncc[nH]5)cc4)c(=O)nc3[nH]2)c1. The molecular formula is C32H38ClFN10O2. The molecule has 0 unspecified atom stereocenters. The fourth-order valence-corrected chi connectivity index (χ4v) is 5.33. The molecule has 0 bridgehead atoms. The lowest BCUT2D eigenvalue weighted by molar-refractivity contribution is 0.0444. The zero-order chi connectivity index (χ0) is 32.6. The molecule has 0 saturated carbocycles. The van der Waals surface area contributed by atoms with E-state index < -0.39 is 11.5 Å². The molecule has 0 aliphatic rings. The van der Waals surface area contributed by atoms with Gasteiger partial charge >= 0.3 is 5.69 Å². The minimum Gasteiger partial charge on any atom is -0.372 e. The van der Waals surface area contributed by atoms with Crippen LogP contribution in [0, 0.1) is 11.2 Å². The van der Waals surface area contributed by atoms with E-state index in [4.69, 9.17) is 33.2 Å². The van der Waals surface area contributed by atoms with Gasteiger partial charge in [0.05, 0.1) is 29.1 Å². The van der Waals surface area contributed by atoms with Crippen molar-refractivity contribution in [2.75, 3.05) is 18.4 Å². The summed E-state index contributed by atoms with van der Waals surface area (Å²) in [7, 11) is 0. The average Bonchev–Trinajstić information content (AvgIpc) is 3.69. The summed E-state index contributed by atoms with van der Waals surface area (Å²) in [5.41, 5.74) is 14.4. The first kappa shape index (κ1) is 32.7. The summed E-state index contributed by atoms with van der Waals surface area (Å²) in [6.07, 6.45) is 7.92. The number of hydrogen-bond donors (Lipinski definition) is 7. The van der Waals surface area contributed by atoms with Gasteiger partial charge < -0.3 is 36.8 Å². The van der Waals surface area contributed by atoms with Crippen LogP contribution >= 0.6 is 11.6 Å². The van der Waals surface area contributed by atoms with Crippen molar-refractivity contribution in [2.45, 2.75) is 51.4 Å². The molecule has 0 fully saturated rings. The van der Waals surface area contributed by atoms with Crippen LogP contribution in [-0.2, 0) is 17.8 Å². The van der Waals surface area contributed by atoms with E-state index in [1.807, 2.05) is 31.2 Å². The zero-order valence-electron chi connectivity index (χ0n) is 25.4. The van der Waals surface area contributed by atoms with Crippen molar-refractivity contribution in [3.05, 3.63) is 93.5 Å². The van der Waals surface area contributed by atoms with Crippen molar-refractivity contribution in [2.24, 2.45) is 11.5 Å². The Kier molecular flexibility index (Phi) is 10.7. The second-order valence-electron chi connectivity index (χ2n) is 11.2. The minimum absolute atomic E-state index is 0.0383. The van der Waals surface area contributed by atoms with Gasteiger partial charge in [0.2, 0.25) is 0 Å². The van der Waals surface area contributed by atoms with Gasteiger partial charge in [-0.3, -0.25) is 9.98 Å². The maximum absolute atomic E-state index is 15.1. The number of aromatic nitrogens is 5. The van der Waals surface area contributed by atoms with Crippen LogP contribution in [0.15, 0.2) is 65.8 Å². The molecule has 0 spiro atoms. The van der Waals surface area contributed by atoms with E-state index >= 15 is 4.39 Å². The Labute approximate surface area is 270 Å². The molecule has 2 atom stereocenters. The number of guanidine groups is 1. The Bertz CT molecular complexity index is 1820. The van der Waals surface area contributed by atoms with Crippen molar-refractivity contribution < 1.29 is 9.13 Å². The number of aromatic amines is 2. The van der Waals surface area contributed by atoms with E-state index in [-0.39, 0.29) is 23.1 Å². The molecule has 242 valence electrons. The predicted octanol–water partition coefficient (Wildman–Crippen LogP) is 4.44. The van der Waals surface area contributed by atoms with E-state index in [1.54, 1.807) is 36.8 Å². The Hall–Kier alpha value is -4.72. The Morgan fingerprint density at radius 2 is 2.00 bits per heavy atom. The van der Waals surface area contributed by atoms with Crippen molar-refractivity contribution >= 4 is 34.5 Å². The van der Waals surface area contributed by atoms with Gasteiger partial charge in [-0.05, 0) is 74.1 Å². The number of nitrogens with two attached hydrogens (primary N) is 2. The van der Waals surface area contributed by atoms with Gasteiger partial charge in [-0.25, -0.2) is 14.2 Å². The Morgan fingerprint density at radius 1 is 1.20 bits per heavy atom. The highest BCUT2D eigenvalue weighted by atomic mass is 35.5. The number of halogens is 2. The normalized spacial score (nSPS) is 12.7. The monoisotopic (exact) mass is 648 g/mol. The summed E-state index contributed by atoms with van der Waals surface area (Å²) in [6, 6.07) is 12.7. The average molecular weight is 649 g/mol. The van der Waals surface area contributed by atoms with E-state index in [1.165, 1.54) is 4.57 Å². The second kappa shape index (κ2) is 15.0. The van der Waals surface area contributed by atoms with Gasteiger partial charge in [-0.15, -0.1) is 0 Å². The lowest BCUT2D eigenvalue weighted by Gasteiger charge is -2.19. The fourth-order valence-electron chi connectivity index (χ4n) is 5.09. The first-order valence-electron chi connectivity index (χ1n) is 15.0. The summed E-state index contributed by atoms with van der Waals surface area (Å²) < 4.78 is 22.7. The number of aryl methyl sites for hydroxylation is 1. The summed E-state index contributed by atoms with van der Waals surface area (Å²) in [6.45, 7) is 3.27. The third-order valence-corrected chi connectivity index (χ3v) is 7.76. The highest BCUT2D eigenvalue weighted by Crippen LogP contribution is 2.31. The van der Waals surface area contributed by atoms with Gasteiger partial charge in [0.1, 0.15) is 5.65 Å². The number of fused-ring (bicyclic) bond motifs is 1. The molecule has 46 heavy (non-hydrogen) atoms. The van der Waals surface area contributed by atoms with E-state index in [0.29, 0.717) is 60.0 Å². The van der Waals surface area contributed by atoms with Crippen LogP contribution in [0.5, 0.6) is 0 Å². The van der Waals surface area contributed by atoms with Crippen molar-refractivity contribution in [1.29, 1.82) is 5.41 Å². The second-order valence-corrected chi connectivity index (χ2v) is 11.6. The number of hydrogen-bond acceptors (Lipinski definition) is 7. The first-order chi connectivity index (χ1) is 22.2. The Balaban J connectivity index is 1.29. The van der Waals surface area contributed by atoms with E-state index in [9.17, 15) is 4.79 Å². The van der Waals surface area contributed by atoms with Gasteiger partial charge in [-0.1, -0.05) is 23.7 Å². The molecule has 0 aliphatic heterocycles. The largest absolute Gasteiger partial charge is 0.372 e. The summed E-state index contributed by atoms with van der Waals surface area (Å²) >= 11 is 6.25. The molecule has 12 nitrogen and oxygen atoms in total. The number of imidazole rings is 1. The topological polar surface area (TPSA) is 189 Å². The predicted molar refractivity (Wildman–Crippen MR) is 179 cm³/mol. The molecule has 0 saturated heterocycles.